The molecule has 0 saturated carbocycles. The number of rotatable bonds is 3. The van der Waals surface area contributed by atoms with Crippen molar-refractivity contribution >= 4 is 28.3 Å². The van der Waals surface area contributed by atoms with Crippen LogP contribution in [0.25, 0.3) is 11.0 Å². The van der Waals surface area contributed by atoms with Crippen molar-refractivity contribution < 1.29 is 0 Å². The zero-order valence-electron chi connectivity index (χ0n) is 12.2. The number of hydrogen-bond donors (Lipinski definition) is 1. The Hall–Kier alpha value is -2.00. The lowest BCUT2D eigenvalue weighted by molar-refractivity contribution is 0.591. The van der Waals surface area contributed by atoms with Gasteiger partial charge in [-0.2, -0.15) is 0 Å². The molecule has 0 fully saturated rings. The van der Waals surface area contributed by atoms with E-state index in [-0.39, 0.29) is 0 Å². The van der Waals surface area contributed by atoms with Crippen molar-refractivity contribution in [2.75, 3.05) is 5.73 Å². The first-order valence-electron chi connectivity index (χ1n) is 7.06. The molecule has 2 aromatic carbocycles. The van der Waals surface area contributed by atoms with Gasteiger partial charge in [0.2, 0.25) is 0 Å². The second-order valence-corrected chi connectivity index (χ2v) is 5.95. The van der Waals surface area contributed by atoms with Crippen LogP contribution in [0.15, 0.2) is 42.5 Å². The first-order chi connectivity index (χ1) is 10.1. The number of para-hydroxylation sites is 1. The summed E-state index contributed by atoms with van der Waals surface area (Å²) in [5.41, 5.74) is 9.95. The highest BCUT2D eigenvalue weighted by Crippen LogP contribution is 2.26. The van der Waals surface area contributed by atoms with Gasteiger partial charge in [-0.3, -0.25) is 0 Å². The highest BCUT2D eigenvalue weighted by atomic mass is 35.5. The van der Waals surface area contributed by atoms with E-state index in [1.807, 2.05) is 36.4 Å². The molecule has 3 nitrogen and oxygen atoms in total. The van der Waals surface area contributed by atoms with Gasteiger partial charge < -0.3 is 10.3 Å². The Morgan fingerprint density at radius 2 is 1.86 bits per heavy atom. The third-order valence-electron chi connectivity index (χ3n) is 3.62. The van der Waals surface area contributed by atoms with E-state index in [4.69, 9.17) is 22.3 Å². The molecular weight excluding hydrogens is 282 g/mol. The number of imidazole rings is 1. The van der Waals surface area contributed by atoms with E-state index < -0.39 is 0 Å². The van der Waals surface area contributed by atoms with Crippen molar-refractivity contribution in [1.29, 1.82) is 0 Å². The zero-order valence-corrected chi connectivity index (χ0v) is 12.9. The number of halogens is 1. The van der Waals surface area contributed by atoms with Crippen LogP contribution in [0, 0.1) is 0 Å². The molecule has 3 aromatic rings. The fraction of sp³-hybridized carbons (Fsp3) is 0.235. The predicted octanol–water partition coefficient (Wildman–Crippen LogP) is 4.44. The third-order valence-corrected chi connectivity index (χ3v) is 3.87. The number of anilines is 1. The van der Waals surface area contributed by atoms with Crippen LogP contribution < -0.4 is 5.73 Å². The molecule has 0 aliphatic rings. The van der Waals surface area contributed by atoms with Gasteiger partial charge >= 0.3 is 0 Å². The van der Waals surface area contributed by atoms with E-state index in [1.54, 1.807) is 0 Å². The summed E-state index contributed by atoms with van der Waals surface area (Å²) < 4.78 is 2.25. The quantitative estimate of drug-likeness (QED) is 0.726. The molecule has 0 aliphatic heterocycles. The van der Waals surface area contributed by atoms with Crippen LogP contribution >= 0.6 is 11.6 Å². The summed E-state index contributed by atoms with van der Waals surface area (Å²) in [4.78, 5) is 4.76. The van der Waals surface area contributed by atoms with Crippen LogP contribution in [0.4, 0.5) is 5.69 Å². The Kier molecular flexibility index (Phi) is 3.60. The molecule has 0 spiro atoms. The Morgan fingerprint density at radius 3 is 2.52 bits per heavy atom. The van der Waals surface area contributed by atoms with Crippen LogP contribution in [-0.4, -0.2) is 9.55 Å². The second kappa shape index (κ2) is 5.41. The standard InChI is InChI=1S/C17H18ClN3/c1-11(2)21-15-5-3-4-14(19)17(15)20-16(21)10-12-6-8-13(18)9-7-12/h3-9,11H,10,19H2,1-2H3. The molecule has 0 atom stereocenters. The Labute approximate surface area is 129 Å². The van der Waals surface area contributed by atoms with Gasteiger partial charge in [-0.15, -0.1) is 0 Å². The summed E-state index contributed by atoms with van der Waals surface area (Å²) in [6, 6.07) is 14.2. The highest BCUT2D eigenvalue weighted by Gasteiger charge is 2.15. The summed E-state index contributed by atoms with van der Waals surface area (Å²) in [5, 5.41) is 0.750. The number of hydrogen-bond acceptors (Lipinski definition) is 2. The summed E-state index contributed by atoms with van der Waals surface area (Å²) in [6.45, 7) is 4.32. The molecule has 0 bridgehead atoms. The lowest BCUT2D eigenvalue weighted by atomic mass is 10.1. The lowest BCUT2D eigenvalue weighted by Crippen LogP contribution is -2.06. The van der Waals surface area contributed by atoms with Gasteiger partial charge in [0.05, 0.1) is 11.2 Å². The lowest BCUT2D eigenvalue weighted by Gasteiger charge is -2.13. The maximum Gasteiger partial charge on any atom is 0.114 e. The monoisotopic (exact) mass is 299 g/mol. The van der Waals surface area contributed by atoms with Gasteiger partial charge in [0.15, 0.2) is 0 Å². The molecule has 4 heteroatoms. The minimum Gasteiger partial charge on any atom is -0.397 e. The Bertz CT molecular complexity index is 773. The van der Waals surface area contributed by atoms with Gasteiger partial charge in [-0.1, -0.05) is 29.8 Å². The molecule has 0 aliphatic carbocycles. The first-order valence-corrected chi connectivity index (χ1v) is 7.44. The molecule has 0 unspecified atom stereocenters. The normalized spacial score (nSPS) is 11.4. The van der Waals surface area contributed by atoms with Gasteiger partial charge in [0.1, 0.15) is 11.3 Å². The van der Waals surface area contributed by atoms with E-state index in [0.29, 0.717) is 6.04 Å². The van der Waals surface area contributed by atoms with Crippen LogP contribution in [0.1, 0.15) is 31.3 Å². The minimum atomic E-state index is 0.333. The predicted molar refractivity (Wildman–Crippen MR) is 88.8 cm³/mol. The number of aromatic nitrogens is 2. The van der Waals surface area contributed by atoms with Crippen LogP contribution in [-0.2, 0) is 6.42 Å². The topological polar surface area (TPSA) is 43.8 Å². The van der Waals surface area contributed by atoms with E-state index >= 15 is 0 Å². The van der Waals surface area contributed by atoms with Gasteiger partial charge in [0, 0.05) is 17.5 Å². The van der Waals surface area contributed by atoms with Crippen molar-refractivity contribution in [3.63, 3.8) is 0 Å². The molecule has 0 radical (unpaired) electrons. The van der Waals surface area contributed by atoms with Crippen molar-refractivity contribution in [3.8, 4) is 0 Å². The number of nitrogens with zero attached hydrogens (tertiary/aromatic N) is 2. The van der Waals surface area contributed by atoms with Crippen LogP contribution in [0.3, 0.4) is 0 Å². The average Bonchev–Trinajstić information content (AvgIpc) is 2.81. The van der Waals surface area contributed by atoms with E-state index in [2.05, 4.69) is 24.5 Å². The summed E-state index contributed by atoms with van der Waals surface area (Å²) in [7, 11) is 0. The number of nitrogens with two attached hydrogens (primary N) is 1. The fourth-order valence-corrected chi connectivity index (χ4v) is 2.80. The average molecular weight is 300 g/mol. The van der Waals surface area contributed by atoms with Gasteiger partial charge in [0.25, 0.3) is 0 Å². The molecule has 1 heterocycles. The summed E-state index contributed by atoms with van der Waals surface area (Å²) >= 11 is 5.94. The van der Waals surface area contributed by atoms with Gasteiger partial charge in [-0.25, -0.2) is 4.98 Å². The van der Waals surface area contributed by atoms with E-state index in [1.165, 1.54) is 5.56 Å². The summed E-state index contributed by atoms with van der Waals surface area (Å²) in [6.07, 6.45) is 0.767. The number of nitrogen functional groups attached to an aromatic ring is 1. The van der Waals surface area contributed by atoms with Crippen molar-refractivity contribution in [1.82, 2.24) is 9.55 Å². The first kappa shape index (κ1) is 14.0. The van der Waals surface area contributed by atoms with Crippen molar-refractivity contribution in [2.45, 2.75) is 26.3 Å². The molecule has 1 aromatic heterocycles. The third kappa shape index (κ3) is 2.61. The van der Waals surface area contributed by atoms with Crippen molar-refractivity contribution in [2.24, 2.45) is 0 Å². The summed E-state index contributed by atoms with van der Waals surface area (Å²) in [5.74, 6) is 1.03. The highest BCUT2D eigenvalue weighted by molar-refractivity contribution is 6.30. The van der Waals surface area contributed by atoms with Crippen LogP contribution in [0.2, 0.25) is 5.02 Å². The number of benzene rings is 2. The maximum atomic E-state index is 6.06. The molecule has 0 saturated heterocycles. The van der Waals surface area contributed by atoms with Gasteiger partial charge in [-0.05, 0) is 43.7 Å². The molecule has 0 amide bonds. The molecule has 3 rings (SSSR count). The minimum absolute atomic E-state index is 0.333. The van der Waals surface area contributed by atoms with Crippen LogP contribution in [0.5, 0.6) is 0 Å². The van der Waals surface area contributed by atoms with Crippen molar-refractivity contribution in [3.05, 3.63) is 58.9 Å². The second-order valence-electron chi connectivity index (χ2n) is 5.51. The fourth-order valence-electron chi connectivity index (χ4n) is 2.67. The molecule has 21 heavy (non-hydrogen) atoms. The van der Waals surface area contributed by atoms with E-state index in [0.717, 1.165) is 34.0 Å². The largest absolute Gasteiger partial charge is 0.397 e. The SMILES string of the molecule is CC(C)n1c(Cc2ccc(Cl)cc2)nc2c(N)cccc21. The smallest absolute Gasteiger partial charge is 0.114 e. The molecule has 108 valence electrons. The number of fused-ring (bicyclic) bond motifs is 1. The molecular formula is C17H18ClN3. The molecule has 2 N–H and O–H groups in total. The zero-order chi connectivity index (χ0) is 15.0. The Morgan fingerprint density at radius 1 is 1.14 bits per heavy atom. The van der Waals surface area contributed by atoms with E-state index in [9.17, 15) is 0 Å². The Balaban J connectivity index is 2.11. The maximum absolute atomic E-state index is 6.06.